The number of rotatable bonds is 6. The third kappa shape index (κ3) is 4.73. The smallest absolute Gasteiger partial charge is 0.250 e. The number of pyridine rings is 1. The Balaban J connectivity index is 1.98. The van der Waals surface area contributed by atoms with Crippen LogP contribution in [0.25, 0.3) is 11.1 Å². The van der Waals surface area contributed by atoms with Gasteiger partial charge in [0.15, 0.2) is 9.84 Å². The Hall–Kier alpha value is -2.12. The quantitative estimate of drug-likeness (QED) is 0.716. The first-order valence-electron chi connectivity index (χ1n) is 9.93. The molecule has 1 saturated carbocycles. The molecule has 2 aromatic rings. The number of benzene rings is 1. The number of methoxy groups -OCH3 is 1. The summed E-state index contributed by atoms with van der Waals surface area (Å²) in [5.74, 6) is 0.655. The van der Waals surface area contributed by atoms with Gasteiger partial charge in [-0.2, -0.15) is 0 Å². The van der Waals surface area contributed by atoms with Gasteiger partial charge in [0.05, 0.1) is 22.4 Å². The Morgan fingerprint density at radius 2 is 1.86 bits per heavy atom. The summed E-state index contributed by atoms with van der Waals surface area (Å²) in [4.78, 5) is 12.0. The first-order valence-corrected chi connectivity index (χ1v) is 11.6. The molecule has 0 radical (unpaired) electrons. The summed E-state index contributed by atoms with van der Waals surface area (Å²) in [5.41, 5.74) is 1.18. The lowest BCUT2D eigenvalue weighted by molar-refractivity contribution is -0.0456. The Morgan fingerprint density at radius 1 is 1.17 bits per heavy atom. The summed E-state index contributed by atoms with van der Waals surface area (Å²) in [7, 11) is 0.0580. The zero-order chi connectivity index (χ0) is 21.2. The first kappa shape index (κ1) is 21.6. The van der Waals surface area contributed by atoms with Crippen LogP contribution in [0.2, 0.25) is 0 Å². The van der Waals surface area contributed by atoms with Gasteiger partial charge in [-0.15, -0.1) is 0 Å². The van der Waals surface area contributed by atoms with Crippen molar-refractivity contribution in [1.82, 2.24) is 4.57 Å². The normalized spacial score (nSPS) is 22.4. The maximum absolute atomic E-state index is 12.4. The Bertz CT molecular complexity index is 1030. The summed E-state index contributed by atoms with van der Waals surface area (Å²) < 4.78 is 38.2. The molecule has 158 valence electrons. The Morgan fingerprint density at radius 3 is 2.45 bits per heavy atom. The number of hydrogen-bond donors (Lipinski definition) is 0. The van der Waals surface area contributed by atoms with Crippen molar-refractivity contribution >= 4 is 9.84 Å². The van der Waals surface area contributed by atoms with Crippen molar-refractivity contribution < 1.29 is 17.9 Å². The summed E-state index contributed by atoms with van der Waals surface area (Å²) in [6.45, 7) is 3.74. The molecule has 0 amide bonds. The molecule has 6 nitrogen and oxygen atoms in total. The summed E-state index contributed by atoms with van der Waals surface area (Å²) in [6.07, 6.45) is 5.30. The topological polar surface area (TPSA) is 74.6 Å². The van der Waals surface area contributed by atoms with Crippen LogP contribution < -0.4 is 10.3 Å². The molecule has 1 aromatic carbocycles. The van der Waals surface area contributed by atoms with Crippen LogP contribution in [0.5, 0.6) is 5.75 Å². The Labute approximate surface area is 172 Å². The number of sulfone groups is 1. The van der Waals surface area contributed by atoms with Crippen LogP contribution in [-0.2, 0) is 21.6 Å². The molecule has 0 saturated heterocycles. The van der Waals surface area contributed by atoms with Crippen molar-refractivity contribution in [2.45, 2.75) is 56.1 Å². The SMILES string of the molecule is CCS(=O)(=O)c1ccc(OC2CCC(C)(OC)CC2)c(-c2ccc(=O)n(C)c2)c1. The van der Waals surface area contributed by atoms with Gasteiger partial charge < -0.3 is 14.0 Å². The summed E-state index contributed by atoms with van der Waals surface area (Å²) in [5, 5.41) is 0. The van der Waals surface area contributed by atoms with Crippen molar-refractivity contribution in [3.05, 3.63) is 46.9 Å². The molecule has 7 heteroatoms. The van der Waals surface area contributed by atoms with Gasteiger partial charge in [-0.25, -0.2) is 8.42 Å². The van der Waals surface area contributed by atoms with Gasteiger partial charge in [-0.05, 0) is 56.9 Å². The van der Waals surface area contributed by atoms with Crippen LogP contribution in [0, 0.1) is 0 Å². The number of hydrogen-bond acceptors (Lipinski definition) is 5. The van der Waals surface area contributed by atoms with Gasteiger partial charge in [0, 0.05) is 37.5 Å². The fourth-order valence-electron chi connectivity index (χ4n) is 3.65. The number of ether oxygens (including phenoxy) is 2. The van der Waals surface area contributed by atoms with Crippen LogP contribution in [-0.4, -0.2) is 37.6 Å². The molecule has 3 rings (SSSR count). The zero-order valence-electron chi connectivity index (χ0n) is 17.5. The van der Waals surface area contributed by atoms with Crippen molar-refractivity contribution in [1.29, 1.82) is 0 Å². The van der Waals surface area contributed by atoms with E-state index >= 15 is 0 Å². The molecule has 0 unspecified atom stereocenters. The maximum atomic E-state index is 12.4. The highest BCUT2D eigenvalue weighted by atomic mass is 32.2. The second kappa shape index (κ2) is 8.32. The standard InChI is InChI=1S/C22H29NO5S/c1-5-29(25,26)18-7-8-20(28-17-10-12-22(2,27-4)13-11-17)19(14-18)16-6-9-21(24)23(3)15-16/h6-9,14-15,17H,5,10-13H2,1-4H3. The second-order valence-corrected chi connectivity index (χ2v) is 10.2. The van der Waals surface area contributed by atoms with Crippen molar-refractivity contribution in [3.8, 4) is 16.9 Å². The third-order valence-corrected chi connectivity index (χ3v) is 7.60. The minimum absolute atomic E-state index is 0.0259. The van der Waals surface area contributed by atoms with Crippen molar-refractivity contribution in [2.24, 2.45) is 7.05 Å². The summed E-state index contributed by atoms with van der Waals surface area (Å²) >= 11 is 0. The lowest BCUT2D eigenvalue weighted by Gasteiger charge is -2.36. The lowest BCUT2D eigenvalue weighted by atomic mass is 9.84. The predicted octanol–water partition coefficient (Wildman–Crippen LogP) is 3.57. The van der Waals surface area contributed by atoms with Crippen LogP contribution in [0.1, 0.15) is 39.5 Å². The molecule has 0 aliphatic heterocycles. The Kier molecular flexibility index (Phi) is 6.19. The maximum Gasteiger partial charge on any atom is 0.250 e. The van der Waals surface area contributed by atoms with E-state index in [0.29, 0.717) is 11.3 Å². The first-order chi connectivity index (χ1) is 13.7. The predicted molar refractivity (Wildman–Crippen MR) is 113 cm³/mol. The molecule has 1 heterocycles. The van der Waals surface area contributed by atoms with E-state index in [2.05, 4.69) is 6.92 Å². The monoisotopic (exact) mass is 419 g/mol. The van der Waals surface area contributed by atoms with E-state index in [4.69, 9.17) is 9.47 Å². The average Bonchev–Trinajstić information content (AvgIpc) is 2.72. The van der Waals surface area contributed by atoms with Gasteiger partial charge in [0.2, 0.25) is 5.56 Å². The van der Waals surface area contributed by atoms with E-state index in [-0.39, 0.29) is 27.9 Å². The minimum Gasteiger partial charge on any atom is -0.490 e. The van der Waals surface area contributed by atoms with E-state index in [1.807, 2.05) is 0 Å². The molecule has 1 fully saturated rings. The lowest BCUT2D eigenvalue weighted by Crippen LogP contribution is -2.36. The highest BCUT2D eigenvalue weighted by Gasteiger charge is 2.32. The average molecular weight is 420 g/mol. The van der Waals surface area contributed by atoms with Gasteiger partial charge in [0.1, 0.15) is 5.75 Å². The van der Waals surface area contributed by atoms with E-state index in [1.54, 1.807) is 51.5 Å². The molecule has 1 aliphatic carbocycles. The molecule has 0 atom stereocenters. The molecule has 0 spiro atoms. The molecular weight excluding hydrogens is 390 g/mol. The number of aryl methyl sites for hydroxylation is 1. The molecule has 1 aromatic heterocycles. The molecule has 29 heavy (non-hydrogen) atoms. The van der Waals surface area contributed by atoms with Gasteiger partial charge in [0.25, 0.3) is 0 Å². The largest absolute Gasteiger partial charge is 0.490 e. The zero-order valence-corrected chi connectivity index (χ0v) is 18.3. The van der Waals surface area contributed by atoms with E-state index in [1.165, 1.54) is 10.6 Å². The summed E-state index contributed by atoms with van der Waals surface area (Å²) in [6, 6.07) is 8.16. The minimum atomic E-state index is -3.36. The molecule has 0 bridgehead atoms. The van der Waals surface area contributed by atoms with E-state index in [9.17, 15) is 13.2 Å². The highest BCUT2D eigenvalue weighted by molar-refractivity contribution is 7.91. The van der Waals surface area contributed by atoms with Gasteiger partial charge in [-0.3, -0.25) is 4.79 Å². The van der Waals surface area contributed by atoms with Crippen LogP contribution >= 0.6 is 0 Å². The highest BCUT2D eigenvalue weighted by Crippen LogP contribution is 2.37. The van der Waals surface area contributed by atoms with E-state index < -0.39 is 9.84 Å². The fraction of sp³-hybridized carbons (Fsp3) is 0.500. The second-order valence-electron chi connectivity index (χ2n) is 7.90. The molecule has 0 N–H and O–H groups in total. The molecular formula is C22H29NO5S. The third-order valence-electron chi connectivity index (χ3n) is 5.86. The molecule has 1 aliphatic rings. The van der Waals surface area contributed by atoms with Gasteiger partial charge >= 0.3 is 0 Å². The van der Waals surface area contributed by atoms with Crippen LogP contribution in [0.3, 0.4) is 0 Å². The fourth-order valence-corrected chi connectivity index (χ4v) is 4.56. The van der Waals surface area contributed by atoms with Crippen molar-refractivity contribution in [3.63, 3.8) is 0 Å². The number of aromatic nitrogens is 1. The van der Waals surface area contributed by atoms with Crippen LogP contribution in [0.15, 0.2) is 46.2 Å². The van der Waals surface area contributed by atoms with Crippen molar-refractivity contribution in [2.75, 3.05) is 12.9 Å². The van der Waals surface area contributed by atoms with Gasteiger partial charge in [-0.1, -0.05) is 6.92 Å². The number of nitrogens with zero attached hydrogens (tertiary/aromatic N) is 1. The van der Waals surface area contributed by atoms with E-state index in [0.717, 1.165) is 31.2 Å². The van der Waals surface area contributed by atoms with Crippen LogP contribution in [0.4, 0.5) is 0 Å².